The van der Waals surface area contributed by atoms with Crippen molar-refractivity contribution in [3.63, 3.8) is 0 Å². The number of nitrogens with zero attached hydrogens (tertiary/aromatic N) is 3. The average Bonchev–Trinajstić information content (AvgIpc) is 3.23. The molecule has 2 N–H and O–H groups in total. The predicted octanol–water partition coefficient (Wildman–Crippen LogP) is 0.524. The third-order valence-corrected chi connectivity index (χ3v) is 4.02. The zero-order valence-electron chi connectivity index (χ0n) is 12.5. The number of carbonyl (C=O) groups is 1. The van der Waals surface area contributed by atoms with Gasteiger partial charge in [-0.3, -0.25) is 4.79 Å². The summed E-state index contributed by atoms with van der Waals surface area (Å²) in [6.07, 6.45) is 2.29. The lowest BCUT2D eigenvalue weighted by Crippen LogP contribution is -2.46. The third kappa shape index (κ3) is 3.17. The van der Waals surface area contributed by atoms with E-state index in [-0.39, 0.29) is 17.6 Å². The van der Waals surface area contributed by atoms with Gasteiger partial charge in [0, 0.05) is 25.2 Å². The second-order valence-corrected chi connectivity index (χ2v) is 5.53. The Bertz CT molecular complexity index is 743. The predicted molar refractivity (Wildman–Crippen MR) is 82.1 cm³/mol. The minimum Gasteiger partial charge on any atom is -0.595 e. The molecule has 7 heteroatoms. The highest BCUT2D eigenvalue weighted by atomic mass is 16.5. The second-order valence-electron chi connectivity index (χ2n) is 5.53. The normalized spacial score (nSPS) is 16.9. The number of amides is 1. The van der Waals surface area contributed by atoms with E-state index in [2.05, 4.69) is 16.5 Å². The molecular formula is C16H17N5O2. The lowest BCUT2D eigenvalue weighted by Gasteiger charge is -2.27. The van der Waals surface area contributed by atoms with Gasteiger partial charge in [0.15, 0.2) is 0 Å². The molecule has 23 heavy (non-hydrogen) atoms. The lowest BCUT2D eigenvalue weighted by atomic mass is 10.1. The fraction of sp³-hybridized carbons (Fsp3) is 0.312. The molecular weight excluding hydrogens is 294 g/mol. The van der Waals surface area contributed by atoms with Crippen LogP contribution in [0.3, 0.4) is 0 Å². The van der Waals surface area contributed by atoms with E-state index in [1.165, 1.54) is 12.3 Å². The summed E-state index contributed by atoms with van der Waals surface area (Å²) in [4.78, 5) is 14.9. The van der Waals surface area contributed by atoms with Gasteiger partial charge in [0.25, 0.3) is 0 Å². The minimum absolute atomic E-state index is 0.0307. The molecule has 0 radical (unpaired) electrons. The monoisotopic (exact) mass is 311 g/mol. The molecule has 1 atom stereocenters. The van der Waals surface area contributed by atoms with Crippen LogP contribution in [0.2, 0.25) is 0 Å². The van der Waals surface area contributed by atoms with E-state index < -0.39 is 0 Å². The molecule has 1 aromatic carbocycles. The first-order valence-corrected chi connectivity index (χ1v) is 7.46. The zero-order valence-corrected chi connectivity index (χ0v) is 12.5. The fourth-order valence-corrected chi connectivity index (χ4v) is 2.83. The largest absolute Gasteiger partial charge is 0.595 e. The van der Waals surface area contributed by atoms with Gasteiger partial charge in [0.2, 0.25) is 0 Å². The molecule has 118 valence electrons. The van der Waals surface area contributed by atoms with Crippen LogP contribution in [0.15, 0.2) is 36.5 Å². The van der Waals surface area contributed by atoms with Gasteiger partial charge in [-0.05, 0) is 30.7 Å². The Kier molecular flexibility index (Phi) is 4.26. The molecule has 0 saturated carbocycles. The number of aromatic amines is 1. The molecule has 0 aliphatic carbocycles. The van der Waals surface area contributed by atoms with Crippen LogP contribution in [0.4, 0.5) is 0 Å². The van der Waals surface area contributed by atoms with E-state index in [1.54, 1.807) is 23.1 Å². The Labute approximate surface area is 133 Å². The number of nitrogens with one attached hydrogen (secondary N) is 2. The Morgan fingerprint density at radius 2 is 2.35 bits per heavy atom. The van der Waals surface area contributed by atoms with Crippen LogP contribution in [0.1, 0.15) is 28.0 Å². The highest BCUT2D eigenvalue weighted by Gasteiger charge is 2.31. The maximum absolute atomic E-state index is 12.8. The summed E-state index contributed by atoms with van der Waals surface area (Å²) in [6.45, 7) is 1.91. The topological polar surface area (TPSA) is 98.9 Å². The molecule has 1 aromatic heterocycles. The third-order valence-electron chi connectivity index (χ3n) is 4.02. The van der Waals surface area contributed by atoms with Crippen LogP contribution in [-0.2, 0) is 6.54 Å². The van der Waals surface area contributed by atoms with E-state index in [0.29, 0.717) is 23.5 Å². The highest BCUT2D eigenvalue weighted by molar-refractivity contribution is 5.91. The van der Waals surface area contributed by atoms with Crippen molar-refractivity contribution in [3.8, 4) is 6.07 Å². The van der Waals surface area contributed by atoms with Gasteiger partial charge in [0.1, 0.15) is 0 Å². The number of H-pyrrole nitrogens is 1. The van der Waals surface area contributed by atoms with Gasteiger partial charge < -0.3 is 15.4 Å². The van der Waals surface area contributed by atoms with Crippen LogP contribution in [0.25, 0.3) is 0 Å². The van der Waals surface area contributed by atoms with E-state index >= 15 is 0 Å². The van der Waals surface area contributed by atoms with Crippen molar-refractivity contribution >= 4 is 5.91 Å². The average molecular weight is 311 g/mol. The first-order valence-electron chi connectivity index (χ1n) is 7.46. The smallest absolute Gasteiger partial charge is 0.323 e. The summed E-state index contributed by atoms with van der Waals surface area (Å²) >= 11 is 0. The summed E-state index contributed by atoms with van der Waals surface area (Å²) < 4.78 is 0. The van der Waals surface area contributed by atoms with E-state index in [9.17, 15) is 10.0 Å². The summed E-state index contributed by atoms with van der Waals surface area (Å²) in [6, 6.07) is 10.8. The number of aromatic nitrogens is 2. The maximum Gasteiger partial charge on any atom is 0.323 e. The van der Waals surface area contributed by atoms with E-state index in [1.807, 2.05) is 6.07 Å². The van der Waals surface area contributed by atoms with Crippen LogP contribution in [0, 0.1) is 16.5 Å². The number of nitriles is 1. The number of rotatable bonds is 4. The molecule has 7 nitrogen and oxygen atoms in total. The number of carbonyl (C=O) groups excluding carboxylic acids is 1. The van der Waals surface area contributed by atoms with Crippen molar-refractivity contribution in [2.45, 2.75) is 19.0 Å². The van der Waals surface area contributed by atoms with Gasteiger partial charge in [-0.1, -0.05) is 17.0 Å². The Balaban J connectivity index is 1.88. The lowest BCUT2D eigenvalue weighted by molar-refractivity contribution is -0.666. The van der Waals surface area contributed by atoms with Crippen molar-refractivity contribution < 1.29 is 9.64 Å². The standard InChI is InChI=1S/C16H17N5O2/c17-9-12-2-1-3-13(8-12)11-20(14-4-6-18-10-14)16(22)15-5-7-19-21(15)23/h1-3,5,7-8,14,18-19H,4,6,10-11H2/t14-/m0/s1. The molecule has 3 rings (SSSR count). The van der Waals surface area contributed by atoms with Gasteiger partial charge in [0.05, 0.1) is 17.8 Å². The summed E-state index contributed by atoms with van der Waals surface area (Å²) in [7, 11) is 0. The molecule has 0 unspecified atom stereocenters. The Morgan fingerprint density at radius 3 is 3.00 bits per heavy atom. The van der Waals surface area contributed by atoms with E-state index in [4.69, 9.17) is 5.26 Å². The van der Waals surface area contributed by atoms with E-state index in [0.717, 1.165) is 18.5 Å². The summed E-state index contributed by atoms with van der Waals surface area (Å²) in [5, 5.41) is 26.4. The van der Waals surface area contributed by atoms with Crippen LogP contribution in [-0.4, -0.2) is 35.0 Å². The van der Waals surface area contributed by atoms with Crippen molar-refractivity contribution in [2.75, 3.05) is 13.1 Å². The zero-order chi connectivity index (χ0) is 16.2. The van der Waals surface area contributed by atoms with Crippen molar-refractivity contribution in [3.05, 3.63) is 58.6 Å². The first-order chi connectivity index (χ1) is 11.2. The van der Waals surface area contributed by atoms with Gasteiger partial charge >= 0.3 is 11.6 Å². The van der Waals surface area contributed by atoms with Gasteiger partial charge in [-0.15, -0.1) is 0 Å². The second kappa shape index (κ2) is 6.50. The van der Waals surface area contributed by atoms with Crippen molar-refractivity contribution in [1.29, 1.82) is 5.26 Å². The number of hydrogen-bond acceptors (Lipinski definition) is 4. The Morgan fingerprint density at radius 1 is 1.48 bits per heavy atom. The van der Waals surface area contributed by atoms with Crippen LogP contribution in [0.5, 0.6) is 0 Å². The molecule has 0 bridgehead atoms. The maximum atomic E-state index is 12.8. The fourth-order valence-electron chi connectivity index (χ4n) is 2.83. The molecule has 2 heterocycles. The van der Waals surface area contributed by atoms with Gasteiger partial charge in [-0.2, -0.15) is 10.4 Å². The minimum atomic E-state index is -0.308. The quantitative estimate of drug-likeness (QED) is 0.635. The molecule has 1 saturated heterocycles. The SMILES string of the molecule is N#Cc1cccc(CN(C(=O)c2cc[nH][n+]2[O-])[C@H]2CCNC2)c1. The first kappa shape index (κ1) is 15.1. The summed E-state index contributed by atoms with van der Waals surface area (Å²) in [5.74, 6) is -0.308. The van der Waals surface area contributed by atoms with Crippen molar-refractivity contribution in [1.82, 2.24) is 15.3 Å². The van der Waals surface area contributed by atoms with Gasteiger partial charge in [-0.25, -0.2) is 0 Å². The van der Waals surface area contributed by atoms with Crippen LogP contribution >= 0.6 is 0 Å². The molecule has 1 fully saturated rings. The number of hydrogen-bond donors (Lipinski definition) is 2. The number of benzene rings is 1. The molecule has 2 aromatic rings. The summed E-state index contributed by atoms with van der Waals surface area (Å²) in [5.41, 5.74) is 1.51. The molecule has 1 aliphatic rings. The molecule has 1 aliphatic heterocycles. The molecule has 0 spiro atoms. The Hall–Kier alpha value is -2.85. The van der Waals surface area contributed by atoms with Crippen molar-refractivity contribution in [2.24, 2.45) is 0 Å². The highest BCUT2D eigenvalue weighted by Crippen LogP contribution is 2.17. The molecule has 1 amide bonds. The van der Waals surface area contributed by atoms with Crippen LogP contribution < -0.4 is 10.2 Å².